The number of rotatable bonds is 5. The second kappa shape index (κ2) is 9.11. The maximum atomic E-state index is 12.5. The zero-order valence-electron chi connectivity index (χ0n) is 17.9. The van der Waals surface area contributed by atoms with Crippen LogP contribution in [0.1, 0.15) is 12.8 Å². The van der Waals surface area contributed by atoms with Crippen molar-refractivity contribution in [3.05, 3.63) is 24.3 Å². The summed E-state index contributed by atoms with van der Waals surface area (Å²) in [5.74, 6) is -2.00. The number of methoxy groups -OCH3 is 1. The molecule has 0 aromatic rings. The van der Waals surface area contributed by atoms with Crippen molar-refractivity contribution in [2.24, 2.45) is 23.7 Å². The van der Waals surface area contributed by atoms with E-state index >= 15 is 0 Å². The molecule has 0 aromatic heterocycles. The molecule has 2 aliphatic heterocycles. The highest BCUT2D eigenvalue weighted by atomic mass is 16.7. The minimum atomic E-state index is -1.55. The van der Waals surface area contributed by atoms with Gasteiger partial charge in [0.2, 0.25) is 0 Å². The zero-order chi connectivity index (χ0) is 23.3. The van der Waals surface area contributed by atoms with Gasteiger partial charge in [0, 0.05) is 18.9 Å². The normalized spacial score (nSPS) is 48.9. The summed E-state index contributed by atoms with van der Waals surface area (Å²) in [6.45, 7) is 7.90. The molecule has 0 spiro atoms. The molecule has 4 fully saturated rings. The van der Waals surface area contributed by atoms with E-state index in [9.17, 15) is 30.3 Å². The largest absolute Gasteiger partial charge is 0.461 e. The monoisotopic (exact) mass is 456 g/mol. The third kappa shape index (κ3) is 3.82. The Hall–Kier alpha value is -1.37. The Morgan fingerprint density at radius 2 is 1.84 bits per heavy atom. The minimum absolute atomic E-state index is 0.137. The summed E-state index contributed by atoms with van der Waals surface area (Å²) in [5, 5.41) is 50.6. The molecular weight excluding hydrogens is 424 g/mol. The molecule has 12 atom stereocenters. The number of aliphatic hydroxyl groups is 5. The van der Waals surface area contributed by atoms with Crippen LogP contribution in [0.15, 0.2) is 24.3 Å². The fourth-order valence-electron chi connectivity index (χ4n) is 5.75. The minimum Gasteiger partial charge on any atom is -0.461 e. The quantitative estimate of drug-likeness (QED) is 0.244. The highest BCUT2D eigenvalue weighted by Gasteiger charge is 2.58. The first-order valence-electron chi connectivity index (χ1n) is 10.9. The van der Waals surface area contributed by atoms with Crippen LogP contribution in [0.25, 0.3) is 0 Å². The summed E-state index contributed by atoms with van der Waals surface area (Å²) in [7, 11) is 1.49. The molecule has 5 N–H and O–H groups in total. The first-order valence-corrected chi connectivity index (χ1v) is 10.9. The van der Waals surface area contributed by atoms with Crippen molar-refractivity contribution in [3.8, 4) is 0 Å². The Morgan fingerprint density at radius 1 is 1.12 bits per heavy atom. The lowest BCUT2D eigenvalue weighted by Crippen LogP contribution is -2.59. The zero-order valence-corrected chi connectivity index (χ0v) is 17.9. The first kappa shape index (κ1) is 23.8. The van der Waals surface area contributed by atoms with Gasteiger partial charge in [0.1, 0.15) is 30.5 Å². The maximum absolute atomic E-state index is 12.5. The van der Waals surface area contributed by atoms with E-state index in [1.54, 1.807) is 0 Å². The number of fused-ring (bicyclic) bond motifs is 3. The Kier molecular flexibility index (Phi) is 6.77. The highest BCUT2D eigenvalue weighted by Crippen LogP contribution is 2.53. The average Bonchev–Trinajstić information content (AvgIpc) is 3.22. The molecule has 2 aliphatic carbocycles. The van der Waals surface area contributed by atoms with E-state index in [2.05, 4.69) is 13.2 Å². The van der Waals surface area contributed by atoms with Gasteiger partial charge in [-0.05, 0) is 24.3 Å². The van der Waals surface area contributed by atoms with Gasteiger partial charge in [-0.15, -0.1) is 0 Å². The van der Waals surface area contributed by atoms with Crippen molar-refractivity contribution in [2.75, 3.05) is 20.3 Å². The predicted octanol–water partition coefficient (Wildman–Crippen LogP) is -1.51. The number of ether oxygens (including phenoxy) is 4. The Bertz CT molecular complexity index is 753. The molecule has 0 radical (unpaired) electrons. The maximum Gasteiger partial charge on any atom is 0.312 e. The molecule has 4 aliphatic rings. The van der Waals surface area contributed by atoms with Crippen LogP contribution in [-0.2, 0) is 23.7 Å². The second-order valence-electron chi connectivity index (χ2n) is 9.24. The summed E-state index contributed by atoms with van der Waals surface area (Å²) in [4.78, 5) is 12.5. The van der Waals surface area contributed by atoms with E-state index in [0.29, 0.717) is 18.4 Å². The van der Waals surface area contributed by atoms with Crippen molar-refractivity contribution in [1.29, 1.82) is 0 Å². The van der Waals surface area contributed by atoms with Crippen LogP contribution in [0.3, 0.4) is 0 Å². The van der Waals surface area contributed by atoms with E-state index in [1.807, 2.05) is 0 Å². The number of esters is 1. The molecule has 180 valence electrons. The van der Waals surface area contributed by atoms with Gasteiger partial charge in [-0.25, -0.2) is 0 Å². The molecule has 2 heterocycles. The number of aliphatic hydroxyl groups excluding tert-OH is 5. The molecule has 32 heavy (non-hydrogen) atoms. The Balaban J connectivity index is 1.56. The second-order valence-corrected chi connectivity index (χ2v) is 9.24. The fraction of sp³-hybridized carbons (Fsp3) is 0.773. The van der Waals surface area contributed by atoms with Crippen molar-refractivity contribution in [2.45, 2.75) is 61.9 Å². The third-order valence-electron chi connectivity index (χ3n) is 7.43. The van der Waals surface area contributed by atoms with Crippen molar-refractivity contribution >= 4 is 5.97 Å². The lowest BCUT2D eigenvalue weighted by molar-refractivity contribution is -0.308. The number of carbonyl (C=O) groups is 1. The van der Waals surface area contributed by atoms with Crippen LogP contribution in [0.5, 0.6) is 0 Å². The van der Waals surface area contributed by atoms with Gasteiger partial charge in [0.25, 0.3) is 0 Å². The topological polar surface area (TPSA) is 155 Å². The number of hydrogen-bond donors (Lipinski definition) is 5. The van der Waals surface area contributed by atoms with Crippen molar-refractivity contribution < 1.29 is 49.3 Å². The number of carbonyl (C=O) groups excluding carboxylic acids is 1. The van der Waals surface area contributed by atoms with Crippen LogP contribution in [0, 0.1) is 23.7 Å². The number of hydrogen-bond acceptors (Lipinski definition) is 10. The molecular formula is C22H32O10. The summed E-state index contributed by atoms with van der Waals surface area (Å²) in [6, 6.07) is 0. The van der Waals surface area contributed by atoms with Gasteiger partial charge >= 0.3 is 5.97 Å². The third-order valence-corrected chi connectivity index (χ3v) is 7.43. The van der Waals surface area contributed by atoms with E-state index in [1.165, 1.54) is 7.11 Å². The van der Waals surface area contributed by atoms with E-state index < -0.39 is 73.4 Å². The highest BCUT2D eigenvalue weighted by molar-refractivity contribution is 5.76. The Labute approximate surface area is 186 Å². The Morgan fingerprint density at radius 3 is 2.50 bits per heavy atom. The molecule has 12 unspecified atom stereocenters. The molecule has 4 rings (SSSR count). The van der Waals surface area contributed by atoms with Gasteiger partial charge in [-0.3, -0.25) is 4.79 Å². The smallest absolute Gasteiger partial charge is 0.312 e. The average molecular weight is 456 g/mol. The summed E-state index contributed by atoms with van der Waals surface area (Å²) in [5.41, 5.74) is 1.41. The first-order chi connectivity index (χ1) is 15.2. The molecule has 10 heteroatoms. The van der Waals surface area contributed by atoms with Gasteiger partial charge in [-0.2, -0.15) is 0 Å². The van der Waals surface area contributed by atoms with Gasteiger partial charge in [-0.1, -0.05) is 18.7 Å². The molecule has 0 aromatic carbocycles. The molecule has 2 saturated carbocycles. The van der Waals surface area contributed by atoms with Gasteiger partial charge in [0.05, 0.1) is 31.3 Å². The van der Waals surface area contributed by atoms with Crippen LogP contribution < -0.4 is 0 Å². The predicted molar refractivity (Wildman–Crippen MR) is 108 cm³/mol. The van der Waals surface area contributed by atoms with E-state index in [0.717, 1.165) is 5.57 Å². The van der Waals surface area contributed by atoms with Gasteiger partial charge < -0.3 is 44.5 Å². The van der Waals surface area contributed by atoms with Crippen LogP contribution in [-0.4, -0.2) is 101 Å². The summed E-state index contributed by atoms with van der Waals surface area (Å²) in [6.07, 6.45) is -8.25. The standard InChI is InChI=1S/C22H32O10/c1-8-4-12(24)16-11(7-29-3)21(28)32-20(16)15-9(2)13(5-10(8)15)30-22-19(27)18(26)17(25)14(6-23)31-22/h10-20,22-27H,1-2,4-7H2,3H3. The van der Waals surface area contributed by atoms with Crippen LogP contribution in [0.2, 0.25) is 0 Å². The molecule has 10 nitrogen and oxygen atoms in total. The molecule has 2 saturated heterocycles. The van der Waals surface area contributed by atoms with E-state index in [-0.39, 0.29) is 18.4 Å². The fourth-order valence-corrected chi connectivity index (χ4v) is 5.75. The van der Waals surface area contributed by atoms with Crippen molar-refractivity contribution in [3.63, 3.8) is 0 Å². The SMILES string of the molecule is C=C1CC(O)C2C(COC)C(=O)OC2C2C(=C)C(OC3OC(CO)C(O)C(O)C3O)CC12. The lowest BCUT2D eigenvalue weighted by atomic mass is 9.79. The summed E-state index contributed by atoms with van der Waals surface area (Å²) < 4.78 is 22.3. The summed E-state index contributed by atoms with van der Waals surface area (Å²) >= 11 is 0. The van der Waals surface area contributed by atoms with Crippen LogP contribution >= 0.6 is 0 Å². The lowest BCUT2D eigenvalue weighted by Gasteiger charge is -2.40. The molecule has 0 amide bonds. The molecule has 0 bridgehead atoms. The van der Waals surface area contributed by atoms with Crippen molar-refractivity contribution in [1.82, 2.24) is 0 Å². The van der Waals surface area contributed by atoms with Gasteiger partial charge in [0.15, 0.2) is 6.29 Å². The van der Waals surface area contributed by atoms with E-state index in [4.69, 9.17) is 18.9 Å². The van der Waals surface area contributed by atoms with Crippen LogP contribution in [0.4, 0.5) is 0 Å².